The Hall–Kier alpha value is -3.01. The zero-order valence-corrected chi connectivity index (χ0v) is 15.0. The molecule has 2 heterocycles. The first-order valence-corrected chi connectivity index (χ1v) is 8.54. The molecule has 29 heavy (non-hydrogen) atoms. The highest BCUT2D eigenvalue weighted by molar-refractivity contribution is 5.95. The van der Waals surface area contributed by atoms with Crippen molar-refractivity contribution < 1.29 is 37.4 Å². The first-order valence-electron chi connectivity index (χ1n) is 8.54. The van der Waals surface area contributed by atoms with Gasteiger partial charge in [0.25, 0.3) is 5.91 Å². The van der Waals surface area contributed by atoms with Gasteiger partial charge in [0.05, 0.1) is 17.7 Å². The maximum Gasteiger partial charge on any atom is 0.490 e. The van der Waals surface area contributed by atoms with Crippen molar-refractivity contribution in [2.24, 2.45) is 0 Å². The van der Waals surface area contributed by atoms with Gasteiger partial charge in [0.15, 0.2) is 0 Å². The van der Waals surface area contributed by atoms with Gasteiger partial charge >= 0.3 is 12.1 Å². The third kappa shape index (κ3) is 5.98. The second-order valence-corrected chi connectivity index (χ2v) is 6.26. The first kappa shape index (κ1) is 22.3. The smallest absolute Gasteiger partial charge is 0.475 e. The number of halogens is 4. The minimum absolute atomic E-state index is 0.0522. The molecule has 1 aliphatic heterocycles. The quantitative estimate of drug-likeness (QED) is 0.754. The molecule has 2 aromatic rings. The maximum absolute atomic E-state index is 13.8. The fraction of sp³-hybridized carbons (Fsp3) is 0.316. The summed E-state index contributed by atoms with van der Waals surface area (Å²) in [7, 11) is 0. The molecule has 10 heteroatoms. The van der Waals surface area contributed by atoms with Gasteiger partial charge < -0.3 is 15.1 Å². The Balaban J connectivity index is 0.000000370. The van der Waals surface area contributed by atoms with Gasteiger partial charge in [-0.05, 0) is 42.7 Å². The lowest BCUT2D eigenvalue weighted by Gasteiger charge is -2.26. The van der Waals surface area contributed by atoms with Crippen LogP contribution in [0.4, 0.5) is 17.6 Å². The average Bonchev–Trinajstić information content (AvgIpc) is 3.03. The summed E-state index contributed by atoms with van der Waals surface area (Å²) in [5.74, 6) is -3.65. The van der Waals surface area contributed by atoms with E-state index < -0.39 is 24.1 Å². The number of aliphatic carboxylic acids is 1. The van der Waals surface area contributed by atoms with Crippen LogP contribution in [0.5, 0.6) is 0 Å². The molecule has 1 fully saturated rings. The highest BCUT2D eigenvalue weighted by Crippen LogP contribution is 2.24. The van der Waals surface area contributed by atoms with Crippen LogP contribution in [0.1, 0.15) is 22.3 Å². The van der Waals surface area contributed by atoms with Crippen LogP contribution >= 0.6 is 0 Å². The summed E-state index contributed by atoms with van der Waals surface area (Å²) in [6.45, 7) is 0.435. The van der Waals surface area contributed by atoms with E-state index in [1.165, 1.54) is 12.1 Å². The van der Waals surface area contributed by atoms with Crippen LogP contribution < -0.4 is 0 Å². The Morgan fingerprint density at radius 2 is 1.72 bits per heavy atom. The van der Waals surface area contributed by atoms with Crippen LogP contribution in [-0.2, 0) is 11.2 Å². The summed E-state index contributed by atoms with van der Waals surface area (Å²) in [5.41, 5.74) is 1.05. The van der Waals surface area contributed by atoms with E-state index in [4.69, 9.17) is 9.90 Å². The van der Waals surface area contributed by atoms with Crippen molar-refractivity contribution in [3.63, 3.8) is 0 Å². The fourth-order valence-corrected chi connectivity index (χ4v) is 2.89. The molecule has 2 N–H and O–H groups in total. The topological polar surface area (TPSA) is 90.7 Å². The fourth-order valence-electron chi connectivity index (χ4n) is 2.89. The number of carboxylic acid groups (broad SMARTS) is 1. The second kappa shape index (κ2) is 9.46. The van der Waals surface area contributed by atoms with Crippen molar-refractivity contribution in [2.45, 2.75) is 31.2 Å². The summed E-state index contributed by atoms with van der Waals surface area (Å²) in [5, 5.41) is 17.3. The number of nitrogens with zero attached hydrogens (tertiary/aromatic N) is 2. The number of likely N-dealkylation sites (tertiary alicyclic amines) is 1. The van der Waals surface area contributed by atoms with Crippen LogP contribution in [0, 0.1) is 5.82 Å². The van der Waals surface area contributed by atoms with Gasteiger partial charge in [0.1, 0.15) is 5.82 Å². The van der Waals surface area contributed by atoms with Gasteiger partial charge in [-0.15, -0.1) is 0 Å². The van der Waals surface area contributed by atoms with Crippen LogP contribution in [-0.4, -0.2) is 56.8 Å². The number of rotatable bonds is 3. The lowest BCUT2D eigenvalue weighted by molar-refractivity contribution is -0.192. The monoisotopic (exact) mass is 414 g/mol. The molecule has 3 rings (SSSR count). The SMILES string of the molecule is O=C(O)C(F)(F)F.O=C(c1ccccc1F)N1CC[C@@H](O)[C@@H]1Cc1ccncc1. The highest BCUT2D eigenvalue weighted by atomic mass is 19.4. The minimum atomic E-state index is -5.08. The zero-order chi connectivity index (χ0) is 21.6. The van der Waals surface area contributed by atoms with Crippen molar-refractivity contribution >= 4 is 11.9 Å². The van der Waals surface area contributed by atoms with Crippen LogP contribution in [0.25, 0.3) is 0 Å². The molecular weight excluding hydrogens is 396 g/mol. The van der Waals surface area contributed by atoms with Gasteiger partial charge in [-0.1, -0.05) is 12.1 Å². The molecular formula is C19H18F4N2O4. The molecule has 1 aromatic heterocycles. The number of amides is 1. The Bertz CT molecular complexity index is 846. The van der Waals surface area contributed by atoms with E-state index in [-0.39, 0.29) is 17.5 Å². The molecule has 0 bridgehead atoms. The summed E-state index contributed by atoms with van der Waals surface area (Å²) in [6.07, 6.45) is -1.27. The molecule has 0 aliphatic carbocycles. The Morgan fingerprint density at radius 3 is 2.28 bits per heavy atom. The Labute approximate surface area is 163 Å². The maximum atomic E-state index is 13.8. The number of hydrogen-bond acceptors (Lipinski definition) is 4. The summed E-state index contributed by atoms with van der Waals surface area (Å²) < 4.78 is 45.6. The number of carboxylic acids is 1. The van der Waals surface area contributed by atoms with E-state index in [9.17, 15) is 27.5 Å². The molecule has 0 unspecified atom stereocenters. The molecule has 1 saturated heterocycles. The van der Waals surface area contributed by atoms with E-state index in [1.807, 2.05) is 12.1 Å². The van der Waals surface area contributed by atoms with E-state index in [1.54, 1.807) is 29.4 Å². The molecule has 1 aromatic carbocycles. The number of carbonyl (C=O) groups is 2. The average molecular weight is 414 g/mol. The van der Waals surface area contributed by atoms with Crippen LogP contribution in [0.3, 0.4) is 0 Å². The van der Waals surface area contributed by atoms with E-state index in [0.29, 0.717) is 19.4 Å². The predicted molar refractivity (Wildman–Crippen MR) is 93.5 cm³/mol. The minimum Gasteiger partial charge on any atom is -0.475 e. The highest BCUT2D eigenvalue weighted by Gasteiger charge is 2.38. The number of aromatic nitrogens is 1. The largest absolute Gasteiger partial charge is 0.490 e. The van der Waals surface area contributed by atoms with Crippen LogP contribution in [0.15, 0.2) is 48.8 Å². The summed E-state index contributed by atoms with van der Waals surface area (Å²) >= 11 is 0. The number of benzene rings is 1. The van der Waals surface area contributed by atoms with Gasteiger partial charge in [0.2, 0.25) is 0 Å². The molecule has 1 amide bonds. The molecule has 0 radical (unpaired) electrons. The molecule has 2 atom stereocenters. The van der Waals surface area contributed by atoms with E-state index in [0.717, 1.165) is 5.56 Å². The summed E-state index contributed by atoms with van der Waals surface area (Å²) in [6, 6.07) is 9.33. The van der Waals surface area contributed by atoms with Gasteiger partial charge in [-0.25, -0.2) is 9.18 Å². The first-order chi connectivity index (χ1) is 13.6. The lowest BCUT2D eigenvalue weighted by Crippen LogP contribution is -2.41. The third-order valence-electron chi connectivity index (χ3n) is 4.31. The molecule has 1 aliphatic rings. The number of aliphatic hydroxyl groups is 1. The molecule has 0 spiro atoms. The molecule has 0 saturated carbocycles. The second-order valence-electron chi connectivity index (χ2n) is 6.26. The third-order valence-corrected chi connectivity index (χ3v) is 4.31. The molecule has 156 valence electrons. The van der Waals surface area contributed by atoms with E-state index >= 15 is 0 Å². The van der Waals surface area contributed by atoms with Gasteiger partial charge in [-0.2, -0.15) is 13.2 Å². The zero-order valence-electron chi connectivity index (χ0n) is 15.0. The standard InChI is InChI=1S/C17H17FN2O2.C2HF3O2/c18-14-4-2-1-3-13(14)17(22)20-10-7-16(21)15(20)11-12-5-8-19-9-6-12;3-2(4,5)1(6)7/h1-6,8-9,15-16,21H,7,10-11H2;(H,6,7)/t15-,16+;/m0./s1. The number of alkyl halides is 3. The number of hydrogen-bond donors (Lipinski definition) is 2. The lowest BCUT2D eigenvalue weighted by atomic mass is 10.0. The van der Waals surface area contributed by atoms with Crippen molar-refractivity contribution in [2.75, 3.05) is 6.54 Å². The number of pyridine rings is 1. The van der Waals surface area contributed by atoms with Gasteiger partial charge in [0, 0.05) is 18.9 Å². The van der Waals surface area contributed by atoms with Crippen molar-refractivity contribution in [1.29, 1.82) is 0 Å². The van der Waals surface area contributed by atoms with E-state index in [2.05, 4.69) is 4.98 Å². The summed E-state index contributed by atoms with van der Waals surface area (Å²) in [4.78, 5) is 27.0. The normalized spacial score (nSPS) is 18.7. The molecule has 6 nitrogen and oxygen atoms in total. The Morgan fingerprint density at radius 1 is 1.14 bits per heavy atom. The predicted octanol–water partition coefficient (Wildman–Crippen LogP) is 2.67. The number of carbonyl (C=O) groups excluding carboxylic acids is 1. The van der Waals surface area contributed by atoms with Crippen molar-refractivity contribution in [3.8, 4) is 0 Å². The van der Waals surface area contributed by atoms with Crippen molar-refractivity contribution in [3.05, 3.63) is 65.7 Å². The number of aliphatic hydroxyl groups excluding tert-OH is 1. The van der Waals surface area contributed by atoms with Crippen molar-refractivity contribution in [1.82, 2.24) is 9.88 Å². The van der Waals surface area contributed by atoms with Gasteiger partial charge in [-0.3, -0.25) is 9.78 Å². The Kier molecular flexibility index (Phi) is 7.27. The van der Waals surface area contributed by atoms with Crippen LogP contribution in [0.2, 0.25) is 0 Å².